The van der Waals surface area contributed by atoms with Crippen LogP contribution < -0.4 is 53.6 Å². The van der Waals surface area contributed by atoms with Crippen LogP contribution in [0.1, 0.15) is 65.9 Å². The molecular weight excluding hydrogens is 1380 g/mol. The molecule has 0 aliphatic carbocycles. The molecule has 8 aromatic rings. The predicted octanol–water partition coefficient (Wildman–Crippen LogP) is 1.89. The molecule has 1 aliphatic rings. The number of nitrogens with zero attached hydrogens (tertiary/aromatic N) is 3. The van der Waals surface area contributed by atoms with Crippen molar-refractivity contribution in [2.24, 2.45) is 11.7 Å². The Kier molecular flexibility index (Phi) is 28.6. The zero-order chi connectivity index (χ0) is 74.9. The first kappa shape index (κ1) is 78.0. The number of likely N-dealkylation sites (tertiary alicyclic amines) is 1. The van der Waals surface area contributed by atoms with Crippen molar-refractivity contribution in [2.75, 3.05) is 18.1 Å². The highest BCUT2D eigenvalue weighted by Crippen LogP contribution is 2.23. The van der Waals surface area contributed by atoms with Gasteiger partial charge in [0.25, 0.3) is 0 Å². The van der Waals surface area contributed by atoms with Gasteiger partial charge in [-0.3, -0.25) is 47.9 Å². The van der Waals surface area contributed by atoms with E-state index in [1.54, 1.807) is 111 Å². The number of aromatic nitrogens is 5. The first-order valence-electron chi connectivity index (χ1n) is 34.5. The molecule has 105 heavy (non-hydrogen) atoms. The number of nitrogens with two attached hydrogens (primary N) is 1. The van der Waals surface area contributed by atoms with Crippen LogP contribution >= 0.6 is 25.3 Å². The van der Waals surface area contributed by atoms with Crippen molar-refractivity contribution in [1.82, 2.24) is 77.7 Å². The highest BCUT2D eigenvalue weighted by molar-refractivity contribution is 7.80. The van der Waals surface area contributed by atoms with Gasteiger partial charge in [-0.05, 0) is 59.1 Å². The fourth-order valence-electron chi connectivity index (χ4n) is 12.4. The second-order valence-electron chi connectivity index (χ2n) is 26.1. The number of carboxylic acid groups (broad SMARTS) is 1. The zero-order valence-corrected chi connectivity index (χ0v) is 59.7. The molecule has 11 atom stereocenters. The molecule has 5 aromatic carbocycles. The van der Waals surface area contributed by atoms with Gasteiger partial charge in [0.05, 0.1) is 18.7 Å². The number of carbonyl (C=O) groups is 11. The van der Waals surface area contributed by atoms with Crippen LogP contribution in [0.2, 0.25) is 0 Å². The van der Waals surface area contributed by atoms with E-state index in [2.05, 4.69) is 98.0 Å². The van der Waals surface area contributed by atoms with Crippen molar-refractivity contribution in [1.29, 1.82) is 0 Å². The average Bonchev–Trinajstić information content (AvgIpc) is 1.75. The third-order valence-corrected chi connectivity index (χ3v) is 18.7. The normalized spacial score (nSPS) is 15.6. The summed E-state index contributed by atoms with van der Waals surface area (Å²) in [7, 11) is 0. The van der Waals surface area contributed by atoms with E-state index < -0.39 is 137 Å². The fourth-order valence-corrected chi connectivity index (χ4v) is 12.9. The molecule has 1 aliphatic heterocycles. The Labute approximate surface area is 617 Å². The van der Waals surface area contributed by atoms with Crippen molar-refractivity contribution in [3.8, 4) is 0 Å². The largest absolute Gasteiger partial charge is 0.480 e. The van der Waals surface area contributed by atoms with Gasteiger partial charge >= 0.3 is 5.97 Å². The van der Waals surface area contributed by atoms with E-state index in [0.29, 0.717) is 40.1 Å². The summed E-state index contributed by atoms with van der Waals surface area (Å²) in [6.45, 7) is 3.46. The van der Waals surface area contributed by atoms with Crippen LogP contribution in [0, 0.1) is 5.92 Å². The monoisotopic (exact) mass is 1470 g/mol. The van der Waals surface area contributed by atoms with Crippen LogP contribution in [0.5, 0.6) is 0 Å². The number of amides is 10. The summed E-state index contributed by atoms with van der Waals surface area (Å²) in [4.78, 5) is 177. The summed E-state index contributed by atoms with van der Waals surface area (Å²) < 4.78 is 0. The van der Waals surface area contributed by atoms with Crippen LogP contribution in [0.15, 0.2) is 177 Å². The predicted molar refractivity (Wildman–Crippen MR) is 397 cm³/mol. The molecule has 1 fully saturated rings. The first-order chi connectivity index (χ1) is 50.6. The molecule has 0 saturated carbocycles. The molecule has 552 valence electrons. The summed E-state index contributed by atoms with van der Waals surface area (Å²) >= 11 is 8.69. The highest BCUT2D eigenvalue weighted by Gasteiger charge is 2.42. The standard InChI is InChI=1S/C75H88N16O12S2/c1-44(2)64(90-69(96)56(34-49-37-79-54-27-16-15-26-52(49)54)82-70(97)61(40-104)88-65(92)53(76)30-45-18-7-3-8-19-45)73(100)86-59(32-47-22-11-5-12-23-47)74(101)91-29-17-28-63(91)72(99)85-55(31-46-20-9-4-10-21-46)66(93)83-57(35-50-38-77-42-80-50)67(94)84-58(36-51-39-78-43-81-51)68(95)89-62(41-105)71(98)87-60(75(102)103)33-48-24-13-6-14-25-48/h3-16,18-27,37-39,42-44,53,55-64,79,104-105H,17,28-36,40-41,76H2,1-2H3,(H,77,80)(H,78,81)(H,82,97)(H,83,93)(H,84,94)(H,85,99)(H,86,100)(H,87,98)(H,88,92)(H,89,95)(H,90,96)(H,102,103)/t53-,55-,56-,57-,58-,59-,60-,61-,62-,63-,64-/m0/s1. The van der Waals surface area contributed by atoms with Crippen LogP contribution in [-0.2, 0) is 97.7 Å². The van der Waals surface area contributed by atoms with E-state index in [1.807, 2.05) is 54.6 Å². The summed E-state index contributed by atoms with van der Waals surface area (Å²) in [5.41, 5.74) is 11.2. The van der Waals surface area contributed by atoms with E-state index in [-0.39, 0.29) is 69.4 Å². The number of imidazole rings is 2. The number of thiol groups is 2. The minimum absolute atomic E-state index is 0.0587. The second-order valence-corrected chi connectivity index (χ2v) is 26.8. The number of fused-ring (bicyclic) bond motifs is 1. The van der Waals surface area contributed by atoms with Gasteiger partial charge in [-0.15, -0.1) is 0 Å². The smallest absolute Gasteiger partial charge is 0.326 e. The fraction of sp³-hybridized carbons (Fsp3) is 0.347. The Morgan fingerprint density at radius 1 is 0.467 bits per heavy atom. The van der Waals surface area contributed by atoms with Crippen molar-refractivity contribution in [2.45, 2.75) is 138 Å². The summed E-state index contributed by atoms with van der Waals surface area (Å²) in [6.07, 6.45) is 7.26. The quantitative estimate of drug-likeness (QED) is 0.0247. The number of carboxylic acids is 1. The molecule has 0 unspecified atom stereocenters. The second kappa shape index (κ2) is 38.4. The molecule has 0 spiro atoms. The Hall–Kier alpha value is -11.1. The topological polar surface area (TPSA) is 419 Å². The lowest BCUT2D eigenvalue weighted by Gasteiger charge is -2.32. The SMILES string of the molecule is CC(C)[C@H](NC(=O)[C@H](Cc1c[nH]c2ccccc12)NC(=O)[C@H](CS)NC(=O)[C@@H](N)Cc1ccccc1)C(=O)N[C@@H](Cc1ccccc1)C(=O)N1CCC[C@H]1C(=O)N[C@@H](Cc1ccccc1)C(=O)N[C@@H](Cc1cnc[nH]1)C(=O)N[C@@H](Cc1cnc[nH]1)C(=O)N[C@@H](CS)C(=O)N[C@@H](Cc1ccccc1)C(=O)O. The summed E-state index contributed by atoms with van der Waals surface area (Å²) in [5, 5.41) is 35.5. The summed E-state index contributed by atoms with van der Waals surface area (Å²) in [6, 6.07) is 28.2. The van der Waals surface area contributed by atoms with E-state index in [0.717, 1.165) is 16.5 Å². The number of para-hydroxylation sites is 1. The maximum atomic E-state index is 15.3. The van der Waals surface area contributed by atoms with Gasteiger partial charge in [0.1, 0.15) is 60.4 Å². The Morgan fingerprint density at radius 3 is 1.34 bits per heavy atom. The van der Waals surface area contributed by atoms with Crippen molar-refractivity contribution in [3.05, 3.63) is 216 Å². The molecular formula is C75H88N16O12S2. The minimum atomic E-state index is -1.47. The van der Waals surface area contributed by atoms with Crippen molar-refractivity contribution < 1.29 is 57.8 Å². The summed E-state index contributed by atoms with van der Waals surface area (Å²) in [5.74, 6) is -10.0. The van der Waals surface area contributed by atoms with Crippen LogP contribution in [0.3, 0.4) is 0 Å². The Bertz CT molecular complexity index is 4230. The molecule has 1 saturated heterocycles. The van der Waals surface area contributed by atoms with Gasteiger partial charge in [-0.25, -0.2) is 14.8 Å². The van der Waals surface area contributed by atoms with Gasteiger partial charge in [0, 0.05) is 97.5 Å². The lowest BCUT2D eigenvalue weighted by atomic mass is 9.99. The molecule has 10 amide bonds. The van der Waals surface area contributed by atoms with Crippen LogP contribution in [0.25, 0.3) is 10.9 Å². The van der Waals surface area contributed by atoms with E-state index in [1.165, 1.54) is 29.9 Å². The van der Waals surface area contributed by atoms with E-state index in [9.17, 15) is 43.5 Å². The number of carbonyl (C=O) groups excluding carboxylic acids is 10. The zero-order valence-electron chi connectivity index (χ0n) is 57.9. The molecule has 15 N–H and O–H groups in total. The van der Waals surface area contributed by atoms with E-state index >= 15 is 14.4 Å². The minimum Gasteiger partial charge on any atom is -0.480 e. The molecule has 9 rings (SSSR count). The number of benzene rings is 5. The maximum absolute atomic E-state index is 15.3. The van der Waals surface area contributed by atoms with Crippen molar-refractivity contribution in [3.63, 3.8) is 0 Å². The third kappa shape index (κ3) is 22.4. The van der Waals surface area contributed by atoms with Gasteiger partial charge in [0.15, 0.2) is 0 Å². The third-order valence-electron chi connectivity index (χ3n) is 18.0. The van der Waals surface area contributed by atoms with Crippen molar-refractivity contribution >= 4 is 101 Å². The first-order valence-corrected chi connectivity index (χ1v) is 35.8. The Balaban J connectivity index is 0.917. The number of hydrogen-bond acceptors (Lipinski definition) is 16. The van der Waals surface area contributed by atoms with Gasteiger partial charge in [0.2, 0.25) is 59.1 Å². The van der Waals surface area contributed by atoms with Crippen LogP contribution in [0.4, 0.5) is 0 Å². The average molecular weight is 1470 g/mol. The Morgan fingerprint density at radius 2 is 0.867 bits per heavy atom. The lowest BCUT2D eigenvalue weighted by Crippen LogP contribution is -2.62. The van der Waals surface area contributed by atoms with Gasteiger partial charge < -0.3 is 78.5 Å². The molecule has 0 bridgehead atoms. The number of nitrogens with one attached hydrogen (secondary N) is 12. The van der Waals surface area contributed by atoms with Crippen LogP contribution in [-0.4, -0.2) is 184 Å². The molecule has 3 aromatic heterocycles. The molecule has 4 heterocycles. The number of aliphatic carboxylic acids is 1. The number of H-pyrrole nitrogens is 3. The highest BCUT2D eigenvalue weighted by atomic mass is 32.1. The van der Waals surface area contributed by atoms with Gasteiger partial charge in [-0.2, -0.15) is 25.3 Å². The number of rotatable bonds is 37. The van der Waals surface area contributed by atoms with E-state index in [4.69, 9.17) is 5.73 Å². The molecule has 28 nitrogen and oxygen atoms in total. The molecule has 30 heteroatoms. The molecule has 0 radical (unpaired) electrons. The van der Waals surface area contributed by atoms with Gasteiger partial charge in [-0.1, -0.05) is 153 Å². The number of hydrogen-bond donors (Lipinski definition) is 16. The maximum Gasteiger partial charge on any atom is 0.326 e. The number of aromatic amines is 3. The lowest BCUT2D eigenvalue weighted by molar-refractivity contribution is -0.142.